The van der Waals surface area contributed by atoms with Crippen molar-refractivity contribution in [2.75, 3.05) is 25.0 Å². The predicted octanol–water partition coefficient (Wildman–Crippen LogP) is 3.86. The van der Waals surface area contributed by atoms with E-state index in [9.17, 15) is 0 Å². The first kappa shape index (κ1) is 17.0. The summed E-state index contributed by atoms with van der Waals surface area (Å²) in [5.74, 6) is 0. The van der Waals surface area contributed by atoms with Gasteiger partial charge in [0.15, 0.2) is 0 Å². The Bertz CT molecular complexity index is 502. The quantitative estimate of drug-likeness (QED) is 0.644. The average Bonchev–Trinajstić information content (AvgIpc) is 3.04. The third-order valence-electron chi connectivity index (χ3n) is 4.82. The third kappa shape index (κ3) is 2.95. The molecule has 0 amide bonds. The normalized spacial score (nSPS) is 22.3. The van der Waals surface area contributed by atoms with Gasteiger partial charge in [-0.1, -0.05) is 26.5 Å². The van der Waals surface area contributed by atoms with Crippen LogP contribution in [0.5, 0.6) is 0 Å². The molecule has 2 aliphatic heterocycles. The molecule has 0 radical (unpaired) electrons. The lowest BCUT2D eigenvalue weighted by molar-refractivity contribution is 0.290. The van der Waals surface area contributed by atoms with E-state index < -0.39 is 0 Å². The Morgan fingerprint density at radius 3 is 2.67 bits per heavy atom. The molecule has 0 bridgehead atoms. The number of likely N-dealkylation sites (N-methyl/N-ethyl adjacent to an activating group) is 1. The smallest absolute Gasteiger partial charge is 0.143 e. The number of nitrogens with zero attached hydrogens (tertiary/aromatic N) is 2. The molecule has 4 heteroatoms. The van der Waals surface area contributed by atoms with E-state index in [1.807, 2.05) is 0 Å². The summed E-state index contributed by atoms with van der Waals surface area (Å²) in [6.45, 7) is 4.39. The molecule has 21 heavy (non-hydrogen) atoms. The molecule has 1 aromatic rings. The molecule has 1 unspecified atom stereocenters. The molecule has 1 aromatic carbocycles. The molecule has 3 rings (SSSR count). The number of fused-ring (bicyclic) bond motifs is 1. The van der Waals surface area contributed by atoms with Gasteiger partial charge in [0.2, 0.25) is 0 Å². The van der Waals surface area contributed by atoms with Gasteiger partial charge in [0.05, 0.1) is 6.04 Å². The number of aryl methyl sites for hydroxylation is 1. The Balaban J connectivity index is 0.00000161. The number of hydrogen-bond acceptors (Lipinski definition) is 4. The maximum atomic E-state index is 4.97. The highest BCUT2D eigenvalue weighted by Crippen LogP contribution is 2.43. The highest BCUT2D eigenvalue weighted by molar-refractivity contribution is 8.00. The van der Waals surface area contributed by atoms with Crippen molar-refractivity contribution in [1.82, 2.24) is 4.90 Å². The molecule has 0 N–H and O–H groups in total. The van der Waals surface area contributed by atoms with Gasteiger partial charge in [-0.2, -0.15) is 0 Å². The van der Waals surface area contributed by atoms with E-state index in [-0.39, 0.29) is 11.6 Å². The van der Waals surface area contributed by atoms with Crippen LogP contribution in [0.3, 0.4) is 0 Å². The summed E-state index contributed by atoms with van der Waals surface area (Å²) in [6, 6.07) is 7.27. The Morgan fingerprint density at radius 2 is 2.05 bits per heavy atom. The van der Waals surface area contributed by atoms with Crippen LogP contribution in [-0.2, 0) is 12.8 Å². The molecule has 1 atom stereocenters. The zero-order chi connectivity index (χ0) is 14.3. The van der Waals surface area contributed by atoms with Crippen LogP contribution in [-0.4, -0.2) is 35.3 Å². The minimum atomic E-state index is -0.386. The van der Waals surface area contributed by atoms with E-state index in [1.54, 1.807) is 0 Å². The maximum Gasteiger partial charge on any atom is 0.143 e. The van der Waals surface area contributed by atoms with Crippen LogP contribution in [0.2, 0.25) is 0 Å². The second-order valence-electron chi connectivity index (χ2n) is 6.04. The number of hydrogen-bond donors (Lipinski definition) is 2. The van der Waals surface area contributed by atoms with Crippen molar-refractivity contribution in [1.29, 1.82) is 0 Å². The zero-order valence-corrected chi connectivity index (χ0v) is 14.1. The maximum absolute atomic E-state index is 4.97. The van der Waals surface area contributed by atoms with Gasteiger partial charge in [0, 0.05) is 12.2 Å². The Morgan fingerprint density at radius 1 is 1.29 bits per heavy atom. The summed E-state index contributed by atoms with van der Waals surface area (Å²) in [5, 5.41) is 0. The molecule has 118 valence electrons. The van der Waals surface area contributed by atoms with Gasteiger partial charge >= 0.3 is 0 Å². The second-order valence-corrected chi connectivity index (χ2v) is 7.76. The van der Waals surface area contributed by atoms with Gasteiger partial charge < -0.3 is 4.90 Å². The highest BCUT2D eigenvalue weighted by atomic mass is 32.2. The average molecular weight is 325 g/mol. The fraction of sp³-hybridized carbons (Fsp3) is 0.647. The summed E-state index contributed by atoms with van der Waals surface area (Å²) in [6.07, 6.45) is 4.62. The molecule has 0 aliphatic carbocycles. The predicted molar refractivity (Wildman–Crippen MR) is 100.0 cm³/mol. The van der Waals surface area contributed by atoms with E-state index in [0.29, 0.717) is 6.04 Å². The van der Waals surface area contributed by atoms with Crippen LogP contribution in [0.4, 0.5) is 5.69 Å². The molecule has 1 fully saturated rings. The van der Waals surface area contributed by atoms with E-state index >= 15 is 0 Å². The molecule has 0 saturated carbocycles. The molecule has 0 aromatic heterocycles. The number of likely N-dealkylation sites (tertiary alicyclic amines) is 1. The topological polar surface area (TPSA) is 6.48 Å². The van der Waals surface area contributed by atoms with Crippen molar-refractivity contribution in [3.05, 3.63) is 29.3 Å². The first-order chi connectivity index (χ1) is 9.54. The van der Waals surface area contributed by atoms with E-state index in [4.69, 9.17) is 25.3 Å². The van der Waals surface area contributed by atoms with E-state index in [0.717, 1.165) is 25.9 Å². The van der Waals surface area contributed by atoms with Crippen molar-refractivity contribution in [3.63, 3.8) is 0 Å². The number of rotatable bonds is 3. The van der Waals surface area contributed by atoms with Crippen molar-refractivity contribution in [3.8, 4) is 0 Å². The first-order valence-corrected chi connectivity index (χ1v) is 8.48. The van der Waals surface area contributed by atoms with Crippen LogP contribution in [0.1, 0.15) is 38.3 Å². The largest absolute Gasteiger partial charge is 0.347 e. The summed E-state index contributed by atoms with van der Waals surface area (Å²) < 4.78 is -0.386. The summed E-state index contributed by atoms with van der Waals surface area (Å²) in [4.78, 5) is 4.81. The van der Waals surface area contributed by atoms with Gasteiger partial charge in [-0.3, -0.25) is 4.90 Å². The van der Waals surface area contributed by atoms with Crippen LogP contribution >= 0.6 is 25.3 Å². The number of benzene rings is 1. The van der Waals surface area contributed by atoms with Crippen molar-refractivity contribution < 1.29 is 0 Å². The lowest BCUT2D eigenvalue weighted by atomic mass is 10.1. The summed E-state index contributed by atoms with van der Waals surface area (Å²) in [5.41, 5.74) is 4.18. The van der Waals surface area contributed by atoms with Gasteiger partial charge in [-0.15, -0.1) is 25.3 Å². The number of thiol groups is 2. The lowest BCUT2D eigenvalue weighted by Gasteiger charge is -2.43. The summed E-state index contributed by atoms with van der Waals surface area (Å²) >= 11 is 9.95. The first-order valence-electron chi connectivity index (χ1n) is 7.58. The van der Waals surface area contributed by atoms with E-state index in [1.165, 1.54) is 29.7 Å². The standard InChI is InChI=1S/C16H24N2S2.CH4/c1-3-12-6-7-13-8-10-18(14(13)11-12)16(19,20)15-5-4-9-17(15)2;/h6-7,11,15,19-20H,3-5,8-10H2,1-2H3;1H4. The molecule has 2 aliphatic rings. The monoisotopic (exact) mass is 324 g/mol. The Labute approximate surface area is 140 Å². The lowest BCUT2D eigenvalue weighted by Crippen LogP contribution is -2.52. The van der Waals surface area contributed by atoms with Crippen LogP contribution < -0.4 is 4.90 Å². The van der Waals surface area contributed by atoms with Gasteiger partial charge in [0.25, 0.3) is 0 Å². The zero-order valence-electron chi connectivity index (χ0n) is 12.3. The molecular weight excluding hydrogens is 296 g/mol. The second kappa shape index (κ2) is 6.43. The molecular formula is C17H28N2S2. The van der Waals surface area contributed by atoms with Crippen molar-refractivity contribution >= 4 is 30.9 Å². The minimum absolute atomic E-state index is 0. The van der Waals surface area contributed by atoms with Crippen LogP contribution in [0, 0.1) is 0 Å². The SMILES string of the molecule is C.CCc1ccc2c(c1)N(C(S)(S)C1CCCN1C)CC2. The van der Waals surface area contributed by atoms with E-state index in [2.05, 4.69) is 42.0 Å². The fourth-order valence-corrected chi connectivity index (χ4v) is 4.63. The van der Waals surface area contributed by atoms with Gasteiger partial charge in [0.1, 0.15) is 4.20 Å². The molecule has 1 saturated heterocycles. The molecule has 0 spiro atoms. The highest BCUT2D eigenvalue weighted by Gasteiger charge is 2.44. The number of anilines is 1. The van der Waals surface area contributed by atoms with Gasteiger partial charge in [-0.05, 0) is 56.5 Å². The molecule has 2 heterocycles. The summed E-state index contributed by atoms with van der Waals surface area (Å²) in [7, 11) is 2.19. The molecule has 2 nitrogen and oxygen atoms in total. The van der Waals surface area contributed by atoms with Crippen molar-refractivity contribution in [2.24, 2.45) is 0 Å². The Hall–Kier alpha value is -0.320. The Kier molecular flexibility index (Phi) is 5.22. The third-order valence-corrected chi connectivity index (χ3v) is 5.90. The fourth-order valence-electron chi connectivity index (χ4n) is 3.57. The van der Waals surface area contributed by atoms with Crippen LogP contribution in [0.15, 0.2) is 18.2 Å². The minimum Gasteiger partial charge on any atom is -0.347 e. The van der Waals surface area contributed by atoms with Gasteiger partial charge in [-0.25, -0.2) is 0 Å². The van der Waals surface area contributed by atoms with Crippen LogP contribution in [0.25, 0.3) is 0 Å². The van der Waals surface area contributed by atoms with Crippen molar-refractivity contribution in [2.45, 2.75) is 50.3 Å².